The first-order valence-corrected chi connectivity index (χ1v) is 30.7. The molecule has 6 aromatic heterocycles. The van der Waals surface area contributed by atoms with Crippen molar-refractivity contribution in [1.29, 1.82) is 0 Å². The first-order chi connectivity index (χ1) is 47.1. The highest BCUT2D eigenvalue weighted by Gasteiger charge is 2.21. The number of nitrogens with zero attached hydrogens (tertiary/aromatic N) is 6. The summed E-state index contributed by atoms with van der Waals surface area (Å²) in [5.41, 5.74) is 17.8. The van der Waals surface area contributed by atoms with E-state index in [1.807, 2.05) is 182 Å². The van der Waals surface area contributed by atoms with Crippen LogP contribution in [0.4, 0.5) is 0 Å². The second-order valence-corrected chi connectivity index (χ2v) is 22.7. The Bertz CT molecular complexity index is 5510. The number of carboxylic acid groups (broad SMARTS) is 2. The molecule has 16 heteroatoms. The standard InChI is InChI=1S/C28H18N2O6.C28H18N2O2.C24H14N2O2/c31-25(32)13-15-5-9-23-21(11-15)29-27(35-23)19-7-8-20(18-4-2-1-3-17(18)19)28-30-22-12-16(14-26(33)34)6-10-24(22)36-28;1-3-7-25-23(5-1)29-27(31-25)21-15-11-19(12-16-21)9-10-20-13-17-22(18-14-20)28-30-24-6-2-4-8-26(24)32-28;1-2-8-16-15(7-1)17(23-25-19-9-3-5-11-21(19)27-23)13-14-18(16)24-26-20-10-4-6-12-22(20)28-24/h1-12H,13-14H2,(H,31,32)(H,33,34);1-18H;1-14H. The number of aliphatic carboxylic acids is 2. The van der Waals surface area contributed by atoms with Crippen molar-refractivity contribution in [2.45, 2.75) is 12.8 Å². The molecular weight excluding hydrogens is 1200 g/mol. The Morgan fingerprint density at radius 1 is 0.281 bits per heavy atom. The summed E-state index contributed by atoms with van der Waals surface area (Å²) in [6, 6.07) is 81.7. The second-order valence-electron chi connectivity index (χ2n) is 22.7. The van der Waals surface area contributed by atoms with Gasteiger partial charge in [0.05, 0.1) is 12.8 Å². The molecule has 0 aliphatic carbocycles. The van der Waals surface area contributed by atoms with Crippen LogP contribution in [0.3, 0.4) is 0 Å². The van der Waals surface area contributed by atoms with E-state index in [0.717, 1.165) is 110 Å². The zero-order valence-electron chi connectivity index (χ0n) is 50.7. The maximum atomic E-state index is 11.1. The fraction of sp³-hybridized carbons (Fsp3) is 0.0250. The van der Waals surface area contributed by atoms with Crippen LogP contribution in [-0.4, -0.2) is 52.1 Å². The number of benzene rings is 12. The molecule has 18 aromatic rings. The fourth-order valence-corrected chi connectivity index (χ4v) is 11.7. The number of oxazole rings is 6. The average molecular weight is 1260 g/mol. The lowest BCUT2D eigenvalue weighted by Crippen LogP contribution is -1.99. The Labute approximate surface area is 544 Å². The van der Waals surface area contributed by atoms with Gasteiger partial charge in [0.15, 0.2) is 33.5 Å². The molecule has 0 radical (unpaired) electrons. The number of carbonyl (C=O) groups is 2. The Morgan fingerprint density at radius 2 is 0.542 bits per heavy atom. The van der Waals surface area contributed by atoms with Crippen molar-refractivity contribution >= 4 is 112 Å². The first-order valence-electron chi connectivity index (χ1n) is 30.7. The summed E-state index contributed by atoms with van der Waals surface area (Å²) in [6.45, 7) is 0. The van der Waals surface area contributed by atoms with Gasteiger partial charge in [0.1, 0.15) is 33.1 Å². The summed E-state index contributed by atoms with van der Waals surface area (Å²) in [5, 5.41) is 22.0. The molecule has 0 saturated carbocycles. The minimum atomic E-state index is -0.906. The molecule has 0 bridgehead atoms. The molecule has 0 spiro atoms. The maximum Gasteiger partial charge on any atom is 0.307 e. The summed E-state index contributed by atoms with van der Waals surface area (Å²) in [6.07, 6.45) is 4.00. The molecule has 18 rings (SSSR count). The van der Waals surface area contributed by atoms with Crippen molar-refractivity contribution in [3.05, 3.63) is 277 Å². The molecule has 6 heterocycles. The van der Waals surface area contributed by atoms with Gasteiger partial charge in [-0.2, -0.15) is 0 Å². The van der Waals surface area contributed by atoms with E-state index in [2.05, 4.69) is 78.5 Å². The fourth-order valence-electron chi connectivity index (χ4n) is 11.7. The third-order valence-electron chi connectivity index (χ3n) is 16.3. The average Bonchev–Trinajstić information content (AvgIpc) is 1.47. The molecule has 460 valence electrons. The van der Waals surface area contributed by atoms with E-state index in [9.17, 15) is 9.59 Å². The highest BCUT2D eigenvalue weighted by atomic mass is 16.4. The highest BCUT2D eigenvalue weighted by Crippen LogP contribution is 2.40. The lowest BCUT2D eigenvalue weighted by atomic mass is 9.99. The molecule has 0 unspecified atom stereocenters. The van der Waals surface area contributed by atoms with E-state index in [4.69, 9.17) is 36.7 Å². The molecular formula is C80H50N6O10. The van der Waals surface area contributed by atoms with Crippen molar-refractivity contribution in [2.24, 2.45) is 0 Å². The number of hydrogen-bond acceptors (Lipinski definition) is 14. The van der Waals surface area contributed by atoms with Gasteiger partial charge < -0.3 is 36.7 Å². The van der Waals surface area contributed by atoms with Crippen LogP contribution in [0.1, 0.15) is 22.3 Å². The van der Waals surface area contributed by atoms with Gasteiger partial charge >= 0.3 is 11.9 Å². The summed E-state index contributed by atoms with van der Waals surface area (Å²) in [4.78, 5) is 49.8. The number of aromatic nitrogens is 6. The van der Waals surface area contributed by atoms with Gasteiger partial charge in [-0.25, -0.2) is 29.9 Å². The summed E-state index contributed by atoms with van der Waals surface area (Å²) in [7, 11) is 0. The zero-order chi connectivity index (χ0) is 64.6. The molecule has 16 nitrogen and oxygen atoms in total. The molecule has 0 aliphatic rings. The van der Waals surface area contributed by atoms with Gasteiger partial charge in [-0.1, -0.05) is 146 Å². The lowest BCUT2D eigenvalue weighted by molar-refractivity contribution is -0.137. The van der Waals surface area contributed by atoms with Gasteiger partial charge in [-0.05, 0) is 165 Å². The van der Waals surface area contributed by atoms with Crippen LogP contribution in [0.5, 0.6) is 0 Å². The molecule has 96 heavy (non-hydrogen) atoms. The van der Waals surface area contributed by atoms with Crippen molar-refractivity contribution in [3.63, 3.8) is 0 Å². The van der Waals surface area contributed by atoms with E-state index in [-0.39, 0.29) is 12.8 Å². The normalized spacial score (nSPS) is 11.5. The van der Waals surface area contributed by atoms with Crippen molar-refractivity contribution < 1.29 is 46.3 Å². The zero-order valence-corrected chi connectivity index (χ0v) is 50.7. The first kappa shape index (κ1) is 57.8. The Balaban J connectivity index is 0.000000114. The van der Waals surface area contributed by atoms with Gasteiger partial charge in [0, 0.05) is 33.4 Å². The molecule has 0 amide bonds. The summed E-state index contributed by atoms with van der Waals surface area (Å²) >= 11 is 0. The van der Waals surface area contributed by atoms with Crippen LogP contribution < -0.4 is 0 Å². The van der Waals surface area contributed by atoms with E-state index in [1.165, 1.54) is 0 Å². The van der Waals surface area contributed by atoms with E-state index >= 15 is 0 Å². The highest BCUT2D eigenvalue weighted by molar-refractivity contribution is 6.05. The Kier molecular flexibility index (Phi) is 14.9. The quantitative estimate of drug-likeness (QED) is 0.108. The third kappa shape index (κ3) is 11.6. The third-order valence-corrected chi connectivity index (χ3v) is 16.3. The lowest BCUT2D eigenvalue weighted by Gasteiger charge is -2.07. The van der Waals surface area contributed by atoms with Crippen molar-refractivity contribution in [1.82, 2.24) is 29.9 Å². The number of para-hydroxylation sites is 8. The van der Waals surface area contributed by atoms with E-state index in [0.29, 0.717) is 68.7 Å². The van der Waals surface area contributed by atoms with Crippen LogP contribution in [0, 0.1) is 0 Å². The monoisotopic (exact) mass is 1250 g/mol. The van der Waals surface area contributed by atoms with Crippen LogP contribution in [0.2, 0.25) is 0 Å². The SMILES string of the molecule is C(=Cc1ccc(-c2nc3ccccc3o2)cc1)c1ccc(-c2nc3ccccc3o2)cc1.O=C(O)Cc1ccc2oc(-c3ccc(-c4nc5cc(CC(=O)O)ccc5o4)c4ccccc34)nc2c1.c1ccc2oc(-c3ccc(-c4nc5ccccc5o4)c4ccccc34)nc2c1. The number of fused-ring (bicyclic) bond motifs is 8. The predicted molar refractivity (Wildman–Crippen MR) is 370 cm³/mol. The minimum absolute atomic E-state index is 0.0853. The van der Waals surface area contributed by atoms with Crippen LogP contribution in [0.15, 0.2) is 281 Å². The smallest absolute Gasteiger partial charge is 0.307 e. The topological polar surface area (TPSA) is 231 Å². The molecule has 0 saturated heterocycles. The molecule has 0 aliphatic heterocycles. The molecule has 12 aromatic carbocycles. The van der Waals surface area contributed by atoms with E-state index in [1.54, 1.807) is 36.4 Å². The number of carboxylic acids is 2. The summed E-state index contributed by atoms with van der Waals surface area (Å²) < 4.78 is 35.7. The van der Waals surface area contributed by atoms with Crippen LogP contribution >= 0.6 is 0 Å². The Morgan fingerprint density at radius 3 is 0.844 bits per heavy atom. The van der Waals surface area contributed by atoms with Crippen LogP contribution in [-0.2, 0) is 22.4 Å². The second kappa shape index (κ2) is 24.7. The van der Waals surface area contributed by atoms with Crippen molar-refractivity contribution in [2.75, 3.05) is 0 Å². The largest absolute Gasteiger partial charge is 0.481 e. The molecule has 0 fully saturated rings. The molecule has 2 N–H and O–H groups in total. The Hall–Kier alpha value is -13.3. The molecule has 0 atom stereocenters. The van der Waals surface area contributed by atoms with Gasteiger partial charge in [-0.15, -0.1) is 0 Å². The predicted octanol–water partition coefficient (Wildman–Crippen LogP) is 19.6. The van der Waals surface area contributed by atoms with E-state index < -0.39 is 11.9 Å². The minimum Gasteiger partial charge on any atom is -0.481 e. The van der Waals surface area contributed by atoms with Gasteiger partial charge in [0.2, 0.25) is 35.3 Å². The van der Waals surface area contributed by atoms with Crippen molar-refractivity contribution in [3.8, 4) is 68.7 Å². The number of hydrogen-bond donors (Lipinski definition) is 2. The van der Waals surface area contributed by atoms with Crippen LogP contribution in [0.25, 0.3) is 169 Å². The van der Waals surface area contributed by atoms with Gasteiger partial charge in [-0.3, -0.25) is 9.59 Å². The van der Waals surface area contributed by atoms with Gasteiger partial charge in [0.25, 0.3) is 0 Å². The maximum absolute atomic E-state index is 11.1. The number of rotatable bonds is 12. The summed E-state index contributed by atoms with van der Waals surface area (Å²) in [5.74, 6) is 1.54.